The molecule has 0 heteroatoms. The van der Waals surface area contributed by atoms with Gasteiger partial charge in [0.2, 0.25) is 0 Å². The first-order valence-electron chi connectivity index (χ1n) is 6.61. The van der Waals surface area contributed by atoms with Crippen molar-refractivity contribution >= 4 is 0 Å². The highest BCUT2D eigenvalue weighted by atomic mass is 14.1. The van der Waals surface area contributed by atoms with E-state index in [0.717, 1.165) is 0 Å². The summed E-state index contributed by atoms with van der Waals surface area (Å²) in [4.78, 5) is 0. The molecule has 0 saturated heterocycles. The standard InChI is InChI=1S/C19H16/c1-2-5-11-16(10-4-1)18-14-8-9-15-19(18)17-12-6-3-7-13-17/h1-16H. The van der Waals surface area contributed by atoms with Crippen LogP contribution in [0.5, 0.6) is 0 Å². The van der Waals surface area contributed by atoms with Gasteiger partial charge >= 0.3 is 0 Å². The molecule has 0 fully saturated rings. The molecule has 3 rings (SSSR count). The van der Waals surface area contributed by atoms with Crippen molar-refractivity contribution in [1.82, 2.24) is 0 Å². The summed E-state index contributed by atoms with van der Waals surface area (Å²) in [7, 11) is 0. The maximum absolute atomic E-state index is 2.24. The Kier molecular flexibility index (Phi) is 3.42. The van der Waals surface area contributed by atoms with Gasteiger partial charge in [0, 0.05) is 5.92 Å². The summed E-state index contributed by atoms with van der Waals surface area (Å²) in [5, 5.41) is 0. The molecule has 0 nitrogen and oxygen atoms in total. The van der Waals surface area contributed by atoms with Crippen LogP contribution in [-0.4, -0.2) is 0 Å². The van der Waals surface area contributed by atoms with E-state index in [1.54, 1.807) is 0 Å². The molecule has 1 aliphatic rings. The number of hydrogen-bond acceptors (Lipinski definition) is 0. The van der Waals surface area contributed by atoms with Crippen LogP contribution < -0.4 is 0 Å². The van der Waals surface area contributed by atoms with Crippen molar-refractivity contribution in [3.8, 4) is 11.1 Å². The first-order chi connectivity index (χ1) is 9.45. The van der Waals surface area contributed by atoms with Gasteiger partial charge in [0.05, 0.1) is 0 Å². The minimum atomic E-state index is 0.339. The van der Waals surface area contributed by atoms with Gasteiger partial charge in [-0.3, -0.25) is 0 Å². The third-order valence-electron chi connectivity index (χ3n) is 3.37. The molecule has 0 radical (unpaired) electrons. The van der Waals surface area contributed by atoms with Gasteiger partial charge < -0.3 is 0 Å². The minimum absolute atomic E-state index is 0.339. The van der Waals surface area contributed by atoms with E-state index in [1.807, 2.05) is 0 Å². The van der Waals surface area contributed by atoms with Gasteiger partial charge in [0.15, 0.2) is 0 Å². The van der Waals surface area contributed by atoms with Gasteiger partial charge in [0.1, 0.15) is 0 Å². The van der Waals surface area contributed by atoms with Gasteiger partial charge in [-0.15, -0.1) is 0 Å². The van der Waals surface area contributed by atoms with Crippen molar-refractivity contribution in [1.29, 1.82) is 0 Å². The zero-order valence-electron chi connectivity index (χ0n) is 10.7. The second kappa shape index (κ2) is 5.53. The quantitative estimate of drug-likeness (QED) is 0.688. The molecule has 0 heterocycles. The first kappa shape index (κ1) is 11.7. The van der Waals surface area contributed by atoms with Crippen molar-refractivity contribution in [3.05, 3.63) is 96.6 Å². The Balaban J connectivity index is 2.08. The Hall–Kier alpha value is -2.34. The van der Waals surface area contributed by atoms with Crippen molar-refractivity contribution in [3.63, 3.8) is 0 Å². The van der Waals surface area contributed by atoms with E-state index in [-0.39, 0.29) is 0 Å². The van der Waals surface area contributed by atoms with Crippen molar-refractivity contribution < 1.29 is 0 Å². The van der Waals surface area contributed by atoms with E-state index < -0.39 is 0 Å². The van der Waals surface area contributed by atoms with Crippen LogP contribution in [0.1, 0.15) is 11.5 Å². The molecule has 0 unspecified atom stereocenters. The SMILES string of the molecule is C1=CC=CC(c2ccccc2-c2ccccc2)C=C1. The van der Waals surface area contributed by atoms with Crippen molar-refractivity contribution in [2.24, 2.45) is 0 Å². The molecule has 2 aromatic rings. The topological polar surface area (TPSA) is 0 Å². The number of hydrogen-bond donors (Lipinski definition) is 0. The fourth-order valence-corrected chi connectivity index (χ4v) is 2.44. The van der Waals surface area contributed by atoms with Crippen LogP contribution in [0.4, 0.5) is 0 Å². The lowest BCUT2D eigenvalue weighted by Gasteiger charge is -2.14. The molecule has 92 valence electrons. The van der Waals surface area contributed by atoms with E-state index in [4.69, 9.17) is 0 Å². The van der Waals surface area contributed by atoms with E-state index >= 15 is 0 Å². The Bertz CT molecular complexity index is 614. The molecule has 0 bridgehead atoms. The van der Waals surface area contributed by atoms with Crippen molar-refractivity contribution in [2.75, 3.05) is 0 Å². The Morgan fingerprint density at radius 1 is 0.579 bits per heavy atom. The third-order valence-corrected chi connectivity index (χ3v) is 3.37. The second-order valence-electron chi connectivity index (χ2n) is 4.63. The molecular weight excluding hydrogens is 228 g/mol. The Morgan fingerprint density at radius 2 is 1.21 bits per heavy atom. The molecule has 0 amide bonds. The molecule has 0 N–H and O–H groups in total. The molecule has 0 aromatic heterocycles. The van der Waals surface area contributed by atoms with Crippen LogP contribution in [0.3, 0.4) is 0 Å². The summed E-state index contributed by atoms with van der Waals surface area (Å²) >= 11 is 0. The van der Waals surface area contributed by atoms with Gasteiger partial charge in [0.25, 0.3) is 0 Å². The summed E-state index contributed by atoms with van der Waals surface area (Å²) in [6, 6.07) is 19.2. The molecule has 1 aliphatic carbocycles. The monoisotopic (exact) mass is 244 g/mol. The van der Waals surface area contributed by atoms with E-state index in [9.17, 15) is 0 Å². The van der Waals surface area contributed by atoms with Gasteiger partial charge in [-0.1, -0.05) is 91.1 Å². The third kappa shape index (κ3) is 2.58. The summed E-state index contributed by atoms with van der Waals surface area (Å²) in [6.07, 6.45) is 12.9. The fraction of sp³-hybridized carbons (Fsp3) is 0.0526. The Morgan fingerprint density at radius 3 is 1.95 bits per heavy atom. The van der Waals surface area contributed by atoms with Gasteiger partial charge in [-0.05, 0) is 16.7 Å². The smallest absolute Gasteiger partial charge is 0.0211 e. The predicted molar refractivity (Wildman–Crippen MR) is 82.0 cm³/mol. The molecule has 0 spiro atoms. The summed E-state index contributed by atoms with van der Waals surface area (Å²) < 4.78 is 0. The fourth-order valence-electron chi connectivity index (χ4n) is 2.44. The first-order valence-corrected chi connectivity index (χ1v) is 6.61. The van der Waals surface area contributed by atoms with Gasteiger partial charge in [-0.25, -0.2) is 0 Å². The van der Waals surface area contributed by atoms with E-state index in [0.29, 0.717) is 5.92 Å². The average Bonchev–Trinajstić information content (AvgIpc) is 2.77. The highest BCUT2D eigenvalue weighted by Gasteiger charge is 2.10. The molecular formula is C19H16. The summed E-state index contributed by atoms with van der Waals surface area (Å²) in [6.45, 7) is 0. The molecule has 0 aliphatic heterocycles. The predicted octanol–water partition coefficient (Wildman–Crippen LogP) is 5.12. The molecule has 0 saturated carbocycles. The van der Waals surface area contributed by atoms with Crippen LogP contribution in [0.25, 0.3) is 11.1 Å². The van der Waals surface area contributed by atoms with Gasteiger partial charge in [-0.2, -0.15) is 0 Å². The van der Waals surface area contributed by atoms with Crippen LogP contribution >= 0.6 is 0 Å². The highest BCUT2D eigenvalue weighted by molar-refractivity contribution is 5.69. The van der Waals surface area contributed by atoms with Crippen molar-refractivity contribution in [2.45, 2.75) is 5.92 Å². The highest BCUT2D eigenvalue weighted by Crippen LogP contribution is 2.31. The maximum Gasteiger partial charge on any atom is 0.0211 e. The lowest BCUT2D eigenvalue weighted by atomic mass is 9.90. The van der Waals surface area contributed by atoms with Crippen LogP contribution in [0, 0.1) is 0 Å². The van der Waals surface area contributed by atoms with Crippen LogP contribution in [-0.2, 0) is 0 Å². The van der Waals surface area contributed by atoms with E-state index in [1.165, 1.54) is 16.7 Å². The number of rotatable bonds is 2. The maximum atomic E-state index is 2.24. The zero-order chi connectivity index (χ0) is 12.9. The minimum Gasteiger partial charge on any atom is -0.0732 e. The second-order valence-corrected chi connectivity index (χ2v) is 4.63. The molecule has 0 atom stereocenters. The zero-order valence-corrected chi connectivity index (χ0v) is 10.7. The normalized spacial score (nSPS) is 14.5. The molecule has 19 heavy (non-hydrogen) atoms. The largest absolute Gasteiger partial charge is 0.0732 e. The van der Waals surface area contributed by atoms with Crippen LogP contribution in [0.2, 0.25) is 0 Å². The summed E-state index contributed by atoms with van der Waals surface area (Å²) in [5.74, 6) is 0.339. The average molecular weight is 244 g/mol. The molecule has 2 aromatic carbocycles. The summed E-state index contributed by atoms with van der Waals surface area (Å²) in [5.41, 5.74) is 3.94. The Labute approximate surface area is 114 Å². The number of benzene rings is 2. The lowest BCUT2D eigenvalue weighted by molar-refractivity contribution is 1.09. The van der Waals surface area contributed by atoms with Crippen LogP contribution in [0.15, 0.2) is 91.1 Å². The lowest BCUT2D eigenvalue weighted by Crippen LogP contribution is -1.94. The number of allylic oxidation sites excluding steroid dienone is 6. The van der Waals surface area contributed by atoms with E-state index in [2.05, 4.69) is 91.1 Å².